The molecule has 10 heteroatoms. The number of phosphoric acid groups is 1. The maximum Gasteiger partial charge on any atom is 0.472 e. The number of hydrogen-bond acceptors (Lipinski definition) is 7. The van der Waals surface area contributed by atoms with Crippen molar-refractivity contribution in [3.05, 3.63) is 134 Å². The van der Waals surface area contributed by atoms with Crippen LogP contribution in [0.4, 0.5) is 0 Å². The Morgan fingerprint density at radius 3 is 0.977 bits per heavy atom. The molecule has 0 amide bonds. The molecule has 2 unspecified atom stereocenters. The van der Waals surface area contributed by atoms with Crippen LogP contribution in [0, 0.1) is 0 Å². The van der Waals surface area contributed by atoms with E-state index in [1.807, 2.05) is 21.1 Å². The topological polar surface area (TPSA) is 108 Å². The van der Waals surface area contributed by atoms with Gasteiger partial charge in [0.1, 0.15) is 19.8 Å². The Morgan fingerprint density at radius 2 is 0.655 bits per heavy atom. The van der Waals surface area contributed by atoms with Crippen LogP contribution in [0.15, 0.2) is 134 Å². The van der Waals surface area contributed by atoms with E-state index in [2.05, 4.69) is 148 Å². The molecule has 0 saturated carbocycles. The van der Waals surface area contributed by atoms with E-state index < -0.39 is 26.5 Å². The Hall–Kier alpha value is -3.85. The van der Waals surface area contributed by atoms with Gasteiger partial charge in [-0.2, -0.15) is 0 Å². The van der Waals surface area contributed by atoms with Crippen LogP contribution < -0.4 is 0 Å². The highest BCUT2D eigenvalue weighted by Gasteiger charge is 2.27. The Labute approximate surface area is 536 Å². The highest BCUT2D eigenvalue weighted by molar-refractivity contribution is 7.47. The molecule has 0 radical (unpaired) electrons. The van der Waals surface area contributed by atoms with Crippen LogP contribution in [-0.4, -0.2) is 74.9 Å². The zero-order valence-electron chi connectivity index (χ0n) is 56.7. The first kappa shape index (κ1) is 83.2. The van der Waals surface area contributed by atoms with E-state index in [1.54, 1.807) is 0 Å². The molecular weight excluding hydrogens is 1100 g/mol. The fraction of sp³-hybridized carbons (Fsp3) is 0.688. The first-order valence-corrected chi connectivity index (χ1v) is 36.9. The number of ether oxygens (including phenoxy) is 2. The van der Waals surface area contributed by atoms with Crippen molar-refractivity contribution in [1.82, 2.24) is 0 Å². The summed E-state index contributed by atoms with van der Waals surface area (Å²) >= 11 is 0. The van der Waals surface area contributed by atoms with Gasteiger partial charge in [-0.05, 0) is 96.3 Å². The lowest BCUT2D eigenvalue weighted by Gasteiger charge is -2.24. The Kier molecular flexibility index (Phi) is 63.6. The molecule has 0 aromatic heterocycles. The van der Waals surface area contributed by atoms with E-state index in [1.165, 1.54) is 148 Å². The summed E-state index contributed by atoms with van der Waals surface area (Å²) in [6.45, 7) is 4.30. The first-order chi connectivity index (χ1) is 42.5. The number of phosphoric ester groups is 1. The standard InChI is InChI=1S/C77H132NO8P/c1-6-8-10-12-14-16-18-20-22-24-26-28-30-32-34-35-36-37-38-39-40-41-42-43-44-46-48-50-52-54-56-58-60-62-64-66-68-70-77(80)86-75(74-85-87(81,82)84-72-71-78(3,4)5)73-83-76(79)69-67-65-63-61-59-57-55-53-51-49-47-45-33-31-29-27-25-23-21-19-17-15-13-11-9-7-2/h8,10,14,16,20,22,26,28,32,34,36-37,39-40,42-43,46,48,52,54,58,60,75H,6-7,9,11-13,15,17-19,21,23-25,27,29-31,33,35,38,41,44-45,47,49-51,53,55-57,59,61-74H2,1-5H3/p+1/b10-8-,16-14-,22-20-,28-26-,34-32-,37-36-,40-39-,43-42-,48-46-,54-52-,60-58-. The lowest BCUT2D eigenvalue weighted by molar-refractivity contribution is -0.870. The van der Waals surface area contributed by atoms with Gasteiger partial charge in [-0.3, -0.25) is 18.6 Å². The average molecular weight is 1230 g/mol. The second kappa shape index (κ2) is 66.6. The van der Waals surface area contributed by atoms with Gasteiger partial charge in [0, 0.05) is 12.8 Å². The maximum atomic E-state index is 12.9. The molecule has 0 aromatic rings. The third-order valence-electron chi connectivity index (χ3n) is 14.9. The zero-order chi connectivity index (χ0) is 63.4. The highest BCUT2D eigenvalue weighted by atomic mass is 31.2. The molecule has 0 heterocycles. The lowest BCUT2D eigenvalue weighted by atomic mass is 10.0. The number of unbranched alkanes of at least 4 members (excludes halogenated alkanes) is 28. The van der Waals surface area contributed by atoms with Gasteiger partial charge < -0.3 is 18.9 Å². The highest BCUT2D eigenvalue weighted by Crippen LogP contribution is 2.43. The summed E-state index contributed by atoms with van der Waals surface area (Å²) in [4.78, 5) is 35.9. The smallest absolute Gasteiger partial charge is 0.462 e. The molecule has 1 N–H and O–H groups in total. The number of carbonyl (C=O) groups is 2. The Bertz CT molecular complexity index is 1930. The van der Waals surface area contributed by atoms with E-state index in [0.29, 0.717) is 17.4 Å². The molecule has 0 rings (SSSR count). The molecular formula is C77H133NO8P+. The second-order valence-corrected chi connectivity index (χ2v) is 26.0. The normalized spacial score (nSPS) is 14.0. The summed E-state index contributed by atoms with van der Waals surface area (Å²) in [5.41, 5.74) is 0. The van der Waals surface area contributed by atoms with Gasteiger partial charge in [0.05, 0.1) is 27.7 Å². The number of likely N-dealkylation sites (N-methyl/N-ethyl adjacent to an activating group) is 1. The van der Waals surface area contributed by atoms with Crippen molar-refractivity contribution in [2.75, 3.05) is 47.5 Å². The van der Waals surface area contributed by atoms with E-state index in [0.717, 1.165) is 109 Å². The molecule has 9 nitrogen and oxygen atoms in total. The minimum Gasteiger partial charge on any atom is -0.462 e. The molecule has 0 aliphatic heterocycles. The van der Waals surface area contributed by atoms with Crippen molar-refractivity contribution in [3.63, 3.8) is 0 Å². The fourth-order valence-corrected chi connectivity index (χ4v) is 10.3. The molecule has 0 bridgehead atoms. The van der Waals surface area contributed by atoms with Gasteiger partial charge in [-0.25, -0.2) is 4.57 Å². The van der Waals surface area contributed by atoms with Crippen molar-refractivity contribution in [1.29, 1.82) is 0 Å². The van der Waals surface area contributed by atoms with Crippen LogP contribution in [-0.2, 0) is 32.7 Å². The zero-order valence-corrected chi connectivity index (χ0v) is 57.6. The summed E-state index contributed by atoms with van der Waals surface area (Å²) in [6.07, 6.45) is 97.0. The number of quaternary nitrogens is 1. The van der Waals surface area contributed by atoms with Crippen LogP contribution in [0.2, 0.25) is 0 Å². The molecule has 0 aromatic carbocycles. The van der Waals surface area contributed by atoms with E-state index >= 15 is 0 Å². The molecule has 0 aliphatic rings. The molecule has 498 valence electrons. The third kappa shape index (κ3) is 71.1. The number of rotatable bonds is 64. The van der Waals surface area contributed by atoms with Gasteiger partial charge in [-0.15, -0.1) is 0 Å². The number of carbonyl (C=O) groups excluding carboxylic acids is 2. The summed E-state index contributed by atoms with van der Waals surface area (Å²) in [5, 5.41) is 0. The second-order valence-electron chi connectivity index (χ2n) is 24.5. The SMILES string of the molecule is CC/C=C\C/C=C\C/C=C\C/C=C\C/C=C\C/C=C\C/C=C\C/C=C\C/C=C\C/C=C\C/C=C\CCCCCC(=O)OC(COC(=O)CCCCCCCCCCCCCCCCCCCCCCCCCCCC)COP(=O)(O)OCC[N+](C)(C)C. The van der Waals surface area contributed by atoms with Crippen molar-refractivity contribution >= 4 is 19.8 Å². The van der Waals surface area contributed by atoms with Gasteiger partial charge in [0.2, 0.25) is 0 Å². The number of esters is 2. The third-order valence-corrected chi connectivity index (χ3v) is 15.9. The Balaban J connectivity index is 4.17. The number of allylic oxidation sites excluding steroid dienone is 22. The summed E-state index contributed by atoms with van der Waals surface area (Å²) in [6, 6.07) is 0. The molecule has 0 spiro atoms. The van der Waals surface area contributed by atoms with Crippen LogP contribution >= 0.6 is 7.82 Å². The number of hydrogen-bond donors (Lipinski definition) is 1. The van der Waals surface area contributed by atoms with Crippen molar-refractivity contribution in [3.8, 4) is 0 Å². The van der Waals surface area contributed by atoms with E-state index in [4.69, 9.17) is 18.5 Å². The van der Waals surface area contributed by atoms with Crippen molar-refractivity contribution in [2.24, 2.45) is 0 Å². The summed E-state index contributed by atoms with van der Waals surface area (Å²) in [5.74, 6) is -0.834. The molecule has 0 saturated heterocycles. The average Bonchev–Trinajstić information content (AvgIpc) is 3.56. The predicted molar refractivity (Wildman–Crippen MR) is 376 cm³/mol. The predicted octanol–water partition coefficient (Wildman–Crippen LogP) is 23.2. The fourth-order valence-electron chi connectivity index (χ4n) is 9.55. The molecule has 2 atom stereocenters. The van der Waals surface area contributed by atoms with E-state index in [9.17, 15) is 19.0 Å². The van der Waals surface area contributed by atoms with Crippen LogP contribution in [0.3, 0.4) is 0 Å². The largest absolute Gasteiger partial charge is 0.472 e. The minimum atomic E-state index is -4.41. The van der Waals surface area contributed by atoms with Gasteiger partial charge in [-0.1, -0.05) is 314 Å². The summed E-state index contributed by atoms with van der Waals surface area (Å²) in [7, 11) is 1.45. The number of nitrogens with zero attached hydrogens (tertiary/aromatic N) is 1. The monoisotopic (exact) mass is 1230 g/mol. The van der Waals surface area contributed by atoms with Crippen molar-refractivity contribution < 1.29 is 42.1 Å². The van der Waals surface area contributed by atoms with Gasteiger partial charge in [0.15, 0.2) is 6.10 Å². The molecule has 0 aliphatic carbocycles. The molecule has 0 fully saturated rings. The van der Waals surface area contributed by atoms with Gasteiger partial charge in [0.25, 0.3) is 0 Å². The van der Waals surface area contributed by atoms with Gasteiger partial charge >= 0.3 is 19.8 Å². The maximum absolute atomic E-state index is 12.9. The Morgan fingerprint density at radius 1 is 0.368 bits per heavy atom. The van der Waals surface area contributed by atoms with E-state index in [-0.39, 0.29) is 32.0 Å². The molecule has 87 heavy (non-hydrogen) atoms. The first-order valence-electron chi connectivity index (χ1n) is 35.4. The van der Waals surface area contributed by atoms with Crippen LogP contribution in [0.25, 0.3) is 0 Å². The van der Waals surface area contributed by atoms with Crippen LogP contribution in [0.5, 0.6) is 0 Å². The lowest BCUT2D eigenvalue weighted by Crippen LogP contribution is -2.37. The quantitative estimate of drug-likeness (QED) is 0.0211. The summed E-state index contributed by atoms with van der Waals surface area (Å²) < 4.78 is 34.7. The minimum absolute atomic E-state index is 0.0195. The van der Waals surface area contributed by atoms with Crippen LogP contribution in [0.1, 0.15) is 290 Å². The van der Waals surface area contributed by atoms with Crippen molar-refractivity contribution in [2.45, 2.75) is 296 Å².